The molecule has 2 atom stereocenters. The van der Waals surface area contributed by atoms with Gasteiger partial charge in [-0.2, -0.15) is 0 Å². The number of rotatable bonds is 20. The van der Waals surface area contributed by atoms with Gasteiger partial charge in [-0.1, -0.05) is 61.2 Å². The molecule has 0 aliphatic rings. The highest BCUT2D eigenvalue weighted by molar-refractivity contribution is 6.01. The Labute approximate surface area is 285 Å². The predicted octanol–water partition coefficient (Wildman–Crippen LogP) is 5.25. The van der Waals surface area contributed by atoms with E-state index in [4.69, 9.17) is 14.2 Å². The van der Waals surface area contributed by atoms with E-state index in [2.05, 4.69) is 18.5 Å². The molecule has 0 saturated carbocycles. The third-order valence-corrected chi connectivity index (χ3v) is 7.64. The van der Waals surface area contributed by atoms with Gasteiger partial charge >= 0.3 is 5.97 Å². The van der Waals surface area contributed by atoms with E-state index in [1.807, 2.05) is 18.2 Å². The van der Waals surface area contributed by atoms with Crippen molar-refractivity contribution in [1.29, 1.82) is 0 Å². The summed E-state index contributed by atoms with van der Waals surface area (Å²) in [5.41, 5.74) is 1.24. The van der Waals surface area contributed by atoms with Crippen LogP contribution >= 0.6 is 0 Å². The molecule has 0 spiro atoms. The second-order valence-electron chi connectivity index (χ2n) is 11.1. The Morgan fingerprint density at radius 2 is 1.67 bits per heavy atom. The zero-order chi connectivity index (χ0) is 35.8. The number of nitrogens with one attached hydrogen (secondary N) is 1. The standard InChI is InChI=1S/C37H41N3O9/c1-5-20-39(25-27-12-15-30(47-3)16-13-27)35(42)19-17-32(37(44)48-4)38-36(43)28(22-26-10-8-7-9-11-26)23-33(41)31-24-29(40(45)46)14-18-34(31)49-21-6-2/h5-16,18,24,28,32H,1-2,17,19-23,25H2,3-4H3,(H,38,43)/t28-,32-/m0/s1. The molecule has 1 N–H and O–H groups in total. The number of benzene rings is 3. The number of carbonyl (C=O) groups excluding carboxylic acids is 4. The Morgan fingerprint density at radius 3 is 2.29 bits per heavy atom. The van der Waals surface area contributed by atoms with Crippen molar-refractivity contribution in [1.82, 2.24) is 10.2 Å². The molecule has 3 aromatic rings. The van der Waals surface area contributed by atoms with E-state index < -0.39 is 34.5 Å². The van der Waals surface area contributed by atoms with Crippen molar-refractivity contribution in [3.63, 3.8) is 0 Å². The van der Waals surface area contributed by atoms with E-state index in [0.29, 0.717) is 12.3 Å². The van der Waals surface area contributed by atoms with Gasteiger partial charge in [-0.15, -0.1) is 6.58 Å². The summed E-state index contributed by atoms with van der Waals surface area (Å²) in [7, 11) is 2.74. The first-order chi connectivity index (χ1) is 23.6. The molecule has 12 nitrogen and oxygen atoms in total. The van der Waals surface area contributed by atoms with Crippen LogP contribution in [-0.2, 0) is 32.1 Å². The average Bonchev–Trinajstić information content (AvgIpc) is 3.11. The van der Waals surface area contributed by atoms with E-state index in [0.717, 1.165) is 17.2 Å². The number of amides is 2. The Hall–Kier alpha value is -5.78. The molecule has 0 fully saturated rings. The van der Waals surface area contributed by atoms with Crippen LogP contribution in [0.5, 0.6) is 11.5 Å². The summed E-state index contributed by atoms with van der Waals surface area (Å²) in [5, 5.41) is 14.2. The molecular weight excluding hydrogens is 630 g/mol. The van der Waals surface area contributed by atoms with Crippen LogP contribution in [0.1, 0.15) is 40.7 Å². The molecule has 0 heterocycles. The fourth-order valence-electron chi connectivity index (χ4n) is 5.08. The van der Waals surface area contributed by atoms with Crippen molar-refractivity contribution in [2.75, 3.05) is 27.4 Å². The van der Waals surface area contributed by atoms with Crippen molar-refractivity contribution >= 4 is 29.3 Å². The van der Waals surface area contributed by atoms with Crippen LogP contribution in [0.15, 0.2) is 98.1 Å². The molecule has 0 aromatic heterocycles. The van der Waals surface area contributed by atoms with E-state index in [-0.39, 0.29) is 61.7 Å². The maximum atomic E-state index is 13.8. The van der Waals surface area contributed by atoms with Crippen LogP contribution in [0.3, 0.4) is 0 Å². The molecule has 49 heavy (non-hydrogen) atoms. The number of nitro benzene ring substituents is 1. The highest BCUT2D eigenvalue weighted by atomic mass is 16.6. The normalized spacial score (nSPS) is 11.7. The summed E-state index contributed by atoms with van der Waals surface area (Å²) in [6.07, 6.45) is 2.68. The number of hydrogen-bond donors (Lipinski definition) is 1. The number of carbonyl (C=O) groups is 4. The molecule has 3 aromatic carbocycles. The van der Waals surface area contributed by atoms with Gasteiger partial charge in [0.2, 0.25) is 11.8 Å². The zero-order valence-electron chi connectivity index (χ0n) is 27.7. The number of ether oxygens (including phenoxy) is 3. The molecule has 3 rings (SSSR count). The molecule has 0 bridgehead atoms. The maximum absolute atomic E-state index is 13.8. The third kappa shape index (κ3) is 11.5. The van der Waals surface area contributed by atoms with Crippen molar-refractivity contribution < 1.29 is 38.3 Å². The molecule has 0 aliphatic heterocycles. The van der Waals surface area contributed by atoms with Gasteiger partial charge in [-0.3, -0.25) is 24.5 Å². The first-order valence-electron chi connectivity index (χ1n) is 15.6. The highest BCUT2D eigenvalue weighted by Gasteiger charge is 2.30. The summed E-state index contributed by atoms with van der Waals surface area (Å²) >= 11 is 0. The molecule has 258 valence electrons. The minimum absolute atomic E-state index is 0.0515. The van der Waals surface area contributed by atoms with E-state index in [9.17, 15) is 29.3 Å². The number of non-ortho nitro benzene ring substituents is 1. The van der Waals surface area contributed by atoms with Crippen LogP contribution in [0, 0.1) is 16.0 Å². The molecule has 0 aliphatic carbocycles. The van der Waals surface area contributed by atoms with Crippen LogP contribution in [0.25, 0.3) is 0 Å². The number of hydrogen-bond acceptors (Lipinski definition) is 9. The fourth-order valence-corrected chi connectivity index (χ4v) is 5.08. The number of methoxy groups -OCH3 is 2. The lowest BCUT2D eigenvalue weighted by molar-refractivity contribution is -0.384. The van der Waals surface area contributed by atoms with Crippen LogP contribution in [0.2, 0.25) is 0 Å². The lowest BCUT2D eigenvalue weighted by Crippen LogP contribution is -2.45. The van der Waals surface area contributed by atoms with Gasteiger partial charge < -0.3 is 24.4 Å². The lowest BCUT2D eigenvalue weighted by atomic mass is 9.90. The van der Waals surface area contributed by atoms with Crippen molar-refractivity contribution in [2.45, 2.75) is 38.3 Å². The van der Waals surface area contributed by atoms with Crippen molar-refractivity contribution in [3.05, 3.63) is 125 Å². The zero-order valence-corrected chi connectivity index (χ0v) is 27.7. The average molecular weight is 672 g/mol. The van der Waals surface area contributed by atoms with Gasteiger partial charge in [0.25, 0.3) is 5.69 Å². The highest BCUT2D eigenvalue weighted by Crippen LogP contribution is 2.28. The Kier molecular flexibility index (Phi) is 14.7. The smallest absolute Gasteiger partial charge is 0.328 e. The topological polar surface area (TPSA) is 154 Å². The minimum Gasteiger partial charge on any atom is -0.497 e. The second-order valence-corrected chi connectivity index (χ2v) is 11.1. The van der Waals surface area contributed by atoms with Gasteiger partial charge in [0.15, 0.2) is 5.78 Å². The molecule has 12 heteroatoms. The van der Waals surface area contributed by atoms with Crippen molar-refractivity contribution in [2.24, 2.45) is 5.92 Å². The summed E-state index contributed by atoms with van der Waals surface area (Å²) in [4.78, 5) is 66.0. The summed E-state index contributed by atoms with van der Waals surface area (Å²) in [5.74, 6) is -2.42. The number of ketones is 1. The first kappa shape index (κ1) is 37.7. The maximum Gasteiger partial charge on any atom is 0.328 e. The van der Waals surface area contributed by atoms with Gasteiger partial charge in [0.05, 0.1) is 24.7 Å². The van der Waals surface area contributed by atoms with Crippen LogP contribution in [-0.4, -0.2) is 66.8 Å². The summed E-state index contributed by atoms with van der Waals surface area (Å²) < 4.78 is 15.7. The predicted molar refractivity (Wildman–Crippen MR) is 183 cm³/mol. The minimum atomic E-state index is -1.19. The molecule has 0 unspecified atom stereocenters. The van der Waals surface area contributed by atoms with Crippen LogP contribution in [0.4, 0.5) is 5.69 Å². The Bertz CT molecular complexity index is 1620. The first-order valence-corrected chi connectivity index (χ1v) is 15.6. The lowest BCUT2D eigenvalue weighted by Gasteiger charge is -2.24. The number of Topliss-reactive ketones (excluding diaryl/α,β-unsaturated/α-hetero) is 1. The molecular formula is C37H41N3O9. The quantitative estimate of drug-likeness (QED) is 0.0558. The fraction of sp³-hybridized carbons (Fsp3) is 0.297. The Morgan fingerprint density at radius 1 is 0.959 bits per heavy atom. The summed E-state index contributed by atoms with van der Waals surface area (Å²) in [6, 6.07) is 18.7. The summed E-state index contributed by atoms with van der Waals surface area (Å²) in [6.45, 7) is 7.94. The number of nitro groups is 1. The molecule has 0 radical (unpaired) electrons. The van der Waals surface area contributed by atoms with E-state index >= 15 is 0 Å². The van der Waals surface area contributed by atoms with Gasteiger partial charge in [0.1, 0.15) is 24.1 Å². The van der Waals surface area contributed by atoms with Gasteiger partial charge in [0, 0.05) is 44.0 Å². The SMILES string of the molecule is C=CCOc1ccc([N+](=O)[O-])cc1C(=O)C[C@H](Cc1ccccc1)C(=O)N[C@@H](CCC(=O)N(CC=C)Cc1ccc(OC)cc1)C(=O)OC. The van der Waals surface area contributed by atoms with Crippen molar-refractivity contribution in [3.8, 4) is 11.5 Å². The monoisotopic (exact) mass is 671 g/mol. The Balaban J connectivity index is 1.81. The number of esters is 1. The van der Waals surface area contributed by atoms with Gasteiger partial charge in [-0.25, -0.2) is 4.79 Å². The molecule has 2 amide bonds. The number of nitrogens with zero attached hydrogens (tertiary/aromatic N) is 2. The second kappa shape index (κ2) is 19.1. The van der Waals surface area contributed by atoms with E-state index in [1.165, 1.54) is 25.3 Å². The molecule has 0 saturated heterocycles. The van der Waals surface area contributed by atoms with E-state index in [1.54, 1.807) is 54.5 Å². The third-order valence-electron chi connectivity index (χ3n) is 7.64. The van der Waals surface area contributed by atoms with Gasteiger partial charge in [-0.05, 0) is 42.2 Å². The van der Waals surface area contributed by atoms with Crippen LogP contribution < -0.4 is 14.8 Å². The largest absolute Gasteiger partial charge is 0.497 e.